The summed E-state index contributed by atoms with van der Waals surface area (Å²) in [5, 5.41) is 9.36. The summed E-state index contributed by atoms with van der Waals surface area (Å²) in [6, 6.07) is 3.66. The van der Waals surface area contributed by atoms with Crippen molar-refractivity contribution in [2.75, 3.05) is 6.54 Å². The van der Waals surface area contributed by atoms with E-state index in [4.69, 9.17) is 5.73 Å². The van der Waals surface area contributed by atoms with E-state index < -0.39 is 0 Å². The lowest BCUT2D eigenvalue weighted by Crippen LogP contribution is -2.04. The molecule has 0 spiro atoms. The van der Waals surface area contributed by atoms with Crippen molar-refractivity contribution in [3.8, 4) is 5.75 Å². The first kappa shape index (κ1) is 9.07. The fourth-order valence-corrected chi connectivity index (χ4v) is 1.29. The maximum absolute atomic E-state index is 9.36. The highest BCUT2D eigenvalue weighted by atomic mass is 16.3. The van der Waals surface area contributed by atoms with Crippen LogP contribution in [0.1, 0.15) is 16.7 Å². The molecule has 2 nitrogen and oxygen atoms in total. The van der Waals surface area contributed by atoms with Crippen molar-refractivity contribution in [3.63, 3.8) is 0 Å². The lowest BCUT2D eigenvalue weighted by Gasteiger charge is -2.08. The molecular weight excluding hydrogens is 150 g/mol. The van der Waals surface area contributed by atoms with Crippen LogP contribution < -0.4 is 5.73 Å². The van der Waals surface area contributed by atoms with Crippen molar-refractivity contribution in [3.05, 3.63) is 28.8 Å². The highest BCUT2D eigenvalue weighted by Gasteiger charge is 2.03. The van der Waals surface area contributed by atoms with Crippen LogP contribution in [0.15, 0.2) is 12.1 Å². The van der Waals surface area contributed by atoms with E-state index in [-0.39, 0.29) is 0 Å². The average Bonchev–Trinajstić information content (AvgIpc) is 2.07. The fraction of sp³-hybridized carbons (Fsp3) is 0.400. The van der Waals surface area contributed by atoms with E-state index in [1.54, 1.807) is 6.07 Å². The van der Waals surface area contributed by atoms with Crippen LogP contribution in [-0.2, 0) is 6.42 Å². The topological polar surface area (TPSA) is 46.2 Å². The Morgan fingerprint density at radius 2 is 1.92 bits per heavy atom. The highest BCUT2D eigenvalue weighted by Crippen LogP contribution is 2.22. The number of aromatic hydroxyl groups is 1. The van der Waals surface area contributed by atoms with E-state index in [0.717, 1.165) is 17.5 Å². The van der Waals surface area contributed by atoms with Crippen LogP contribution in [0.2, 0.25) is 0 Å². The predicted octanol–water partition coefficient (Wildman–Crippen LogP) is 1.51. The van der Waals surface area contributed by atoms with Crippen LogP contribution >= 0.6 is 0 Å². The van der Waals surface area contributed by atoms with Crippen LogP contribution in [-0.4, -0.2) is 11.7 Å². The fourth-order valence-electron chi connectivity index (χ4n) is 1.29. The zero-order valence-corrected chi connectivity index (χ0v) is 7.59. The van der Waals surface area contributed by atoms with Crippen molar-refractivity contribution in [2.45, 2.75) is 20.3 Å². The second kappa shape index (κ2) is 3.59. The van der Waals surface area contributed by atoms with Gasteiger partial charge in [0.15, 0.2) is 0 Å². The van der Waals surface area contributed by atoms with Gasteiger partial charge in [-0.2, -0.15) is 0 Å². The minimum absolute atomic E-state index is 0.369. The third kappa shape index (κ3) is 1.59. The van der Waals surface area contributed by atoms with Gasteiger partial charge in [-0.3, -0.25) is 0 Å². The summed E-state index contributed by atoms with van der Waals surface area (Å²) < 4.78 is 0. The van der Waals surface area contributed by atoms with Crippen molar-refractivity contribution in [2.24, 2.45) is 5.73 Å². The zero-order valence-electron chi connectivity index (χ0n) is 7.59. The molecule has 12 heavy (non-hydrogen) atoms. The van der Waals surface area contributed by atoms with E-state index in [1.165, 1.54) is 5.56 Å². The molecule has 0 fully saturated rings. The van der Waals surface area contributed by atoms with Crippen molar-refractivity contribution >= 4 is 0 Å². The second-order valence-corrected chi connectivity index (χ2v) is 3.03. The van der Waals surface area contributed by atoms with E-state index in [0.29, 0.717) is 12.3 Å². The second-order valence-electron chi connectivity index (χ2n) is 3.03. The van der Waals surface area contributed by atoms with Gasteiger partial charge >= 0.3 is 0 Å². The van der Waals surface area contributed by atoms with Crippen molar-refractivity contribution in [1.29, 1.82) is 0 Å². The molecule has 0 radical (unpaired) electrons. The number of hydrogen-bond donors (Lipinski definition) is 2. The van der Waals surface area contributed by atoms with E-state index in [1.807, 2.05) is 19.9 Å². The molecule has 0 bridgehead atoms. The van der Waals surface area contributed by atoms with Gasteiger partial charge in [-0.25, -0.2) is 0 Å². The monoisotopic (exact) mass is 165 g/mol. The molecule has 0 unspecified atom stereocenters. The maximum atomic E-state index is 9.36. The zero-order chi connectivity index (χ0) is 9.14. The molecule has 0 heterocycles. The molecule has 0 atom stereocenters. The van der Waals surface area contributed by atoms with Crippen LogP contribution in [0, 0.1) is 13.8 Å². The Hall–Kier alpha value is -1.02. The SMILES string of the molecule is Cc1c(O)ccc(CCN)c1C. The Morgan fingerprint density at radius 1 is 1.25 bits per heavy atom. The van der Waals surface area contributed by atoms with Crippen LogP contribution in [0.25, 0.3) is 0 Å². The molecule has 0 amide bonds. The van der Waals surface area contributed by atoms with Gasteiger partial charge in [0.25, 0.3) is 0 Å². The number of hydrogen-bond acceptors (Lipinski definition) is 2. The standard InChI is InChI=1S/C10H15NO/c1-7-8(2)10(12)4-3-9(7)5-6-11/h3-4,12H,5-6,11H2,1-2H3. The molecule has 1 aromatic carbocycles. The maximum Gasteiger partial charge on any atom is 0.118 e. The van der Waals surface area contributed by atoms with Gasteiger partial charge < -0.3 is 10.8 Å². The summed E-state index contributed by atoms with van der Waals surface area (Å²) in [4.78, 5) is 0. The molecule has 0 aliphatic rings. The number of phenols is 1. The normalized spacial score (nSPS) is 10.2. The summed E-state index contributed by atoms with van der Waals surface area (Å²) in [6.45, 7) is 4.59. The summed E-state index contributed by atoms with van der Waals surface area (Å²) >= 11 is 0. The third-order valence-corrected chi connectivity index (χ3v) is 2.28. The Balaban J connectivity index is 3.08. The van der Waals surface area contributed by atoms with Gasteiger partial charge in [0.2, 0.25) is 0 Å². The predicted molar refractivity (Wildman–Crippen MR) is 50.3 cm³/mol. The molecule has 2 heteroatoms. The molecule has 0 aliphatic heterocycles. The van der Waals surface area contributed by atoms with Gasteiger partial charge in [-0.1, -0.05) is 6.07 Å². The smallest absolute Gasteiger partial charge is 0.118 e. The van der Waals surface area contributed by atoms with Crippen molar-refractivity contribution in [1.82, 2.24) is 0 Å². The average molecular weight is 165 g/mol. The van der Waals surface area contributed by atoms with Gasteiger partial charge in [0.05, 0.1) is 0 Å². The first-order valence-electron chi connectivity index (χ1n) is 4.15. The van der Waals surface area contributed by atoms with E-state index in [9.17, 15) is 5.11 Å². The Bertz CT molecular complexity index is 281. The molecule has 1 rings (SSSR count). The minimum Gasteiger partial charge on any atom is -0.508 e. The van der Waals surface area contributed by atoms with Gasteiger partial charge in [0.1, 0.15) is 5.75 Å². The van der Waals surface area contributed by atoms with Gasteiger partial charge in [-0.05, 0) is 49.6 Å². The molecule has 1 aromatic rings. The highest BCUT2D eigenvalue weighted by molar-refractivity contribution is 5.42. The minimum atomic E-state index is 0.369. The largest absolute Gasteiger partial charge is 0.508 e. The molecule has 3 N–H and O–H groups in total. The number of benzene rings is 1. The third-order valence-electron chi connectivity index (χ3n) is 2.28. The summed E-state index contributed by atoms with van der Waals surface area (Å²) in [5.41, 5.74) is 8.80. The van der Waals surface area contributed by atoms with Crippen molar-refractivity contribution < 1.29 is 5.11 Å². The first-order chi connectivity index (χ1) is 5.66. The lowest BCUT2D eigenvalue weighted by molar-refractivity contribution is 0.470. The molecule has 0 saturated carbocycles. The molecule has 0 aliphatic carbocycles. The quantitative estimate of drug-likeness (QED) is 0.697. The Morgan fingerprint density at radius 3 is 2.50 bits per heavy atom. The lowest BCUT2D eigenvalue weighted by atomic mass is 10.0. The van der Waals surface area contributed by atoms with Gasteiger partial charge in [0, 0.05) is 0 Å². The molecule has 0 saturated heterocycles. The summed E-state index contributed by atoms with van der Waals surface area (Å²) in [6.07, 6.45) is 0.882. The molecule has 66 valence electrons. The molecule has 0 aromatic heterocycles. The summed E-state index contributed by atoms with van der Waals surface area (Å²) in [5.74, 6) is 0.369. The summed E-state index contributed by atoms with van der Waals surface area (Å²) in [7, 11) is 0. The van der Waals surface area contributed by atoms with Crippen LogP contribution in [0.4, 0.5) is 0 Å². The van der Waals surface area contributed by atoms with Crippen LogP contribution in [0.5, 0.6) is 5.75 Å². The number of rotatable bonds is 2. The Kier molecular flexibility index (Phi) is 2.71. The van der Waals surface area contributed by atoms with Crippen LogP contribution in [0.3, 0.4) is 0 Å². The van der Waals surface area contributed by atoms with E-state index >= 15 is 0 Å². The first-order valence-corrected chi connectivity index (χ1v) is 4.15. The molecular formula is C10H15NO. The number of phenolic OH excluding ortho intramolecular Hbond substituents is 1. The van der Waals surface area contributed by atoms with E-state index in [2.05, 4.69) is 0 Å². The Labute approximate surface area is 73.0 Å². The number of nitrogens with two attached hydrogens (primary N) is 1. The van der Waals surface area contributed by atoms with Gasteiger partial charge in [-0.15, -0.1) is 0 Å².